The Hall–Kier alpha value is -3.54. The van der Waals surface area contributed by atoms with Gasteiger partial charge in [-0.25, -0.2) is 33.7 Å². The Bertz CT molecular complexity index is 2300. The van der Waals surface area contributed by atoms with Crippen molar-refractivity contribution in [2.45, 2.75) is 94.7 Å². The number of ether oxygens (including phenoxy) is 2. The molecule has 2 saturated heterocycles. The molecule has 0 unspecified atom stereocenters. The zero-order valence-corrected chi connectivity index (χ0v) is 34.4. The molecule has 0 bridgehead atoms. The van der Waals surface area contributed by atoms with E-state index in [9.17, 15) is 33.7 Å². The van der Waals surface area contributed by atoms with Crippen LogP contribution in [0.4, 0.5) is 0 Å². The highest BCUT2D eigenvalue weighted by atomic mass is 32.2. The molecule has 54 heavy (non-hydrogen) atoms. The van der Waals surface area contributed by atoms with Gasteiger partial charge in [-0.3, -0.25) is 9.97 Å². The number of pyridine rings is 2. The van der Waals surface area contributed by atoms with Gasteiger partial charge in [0.2, 0.25) is 0 Å². The van der Waals surface area contributed by atoms with Crippen LogP contribution in [0.15, 0.2) is 105 Å². The monoisotopic (exact) mass is 818 g/mol. The van der Waals surface area contributed by atoms with Gasteiger partial charge in [0, 0.05) is 61.6 Å². The second kappa shape index (κ2) is 15.5. The Balaban J connectivity index is 0.000000208. The second-order valence-electron chi connectivity index (χ2n) is 14.6. The van der Waals surface area contributed by atoms with Crippen molar-refractivity contribution in [1.29, 1.82) is 0 Å². The van der Waals surface area contributed by atoms with E-state index >= 15 is 0 Å². The van der Waals surface area contributed by atoms with Gasteiger partial charge in [-0.1, -0.05) is 24.3 Å². The van der Waals surface area contributed by atoms with Gasteiger partial charge < -0.3 is 9.47 Å². The average molecular weight is 819 g/mol. The minimum Gasteiger partial charge on any atom is -0.373 e. The zero-order chi connectivity index (χ0) is 39.7. The quantitative estimate of drug-likeness (QED) is 0.210. The lowest BCUT2D eigenvalue weighted by Gasteiger charge is -2.37. The van der Waals surface area contributed by atoms with Crippen LogP contribution in [0.1, 0.15) is 74.0 Å². The number of sulfone groups is 4. The van der Waals surface area contributed by atoms with E-state index in [-0.39, 0.29) is 35.8 Å². The van der Waals surface area contributed by atoms with E-state index in [1.54, 1.807) is 50.2 Å². The average Bonchev–Trinajstić information content (AvgIpc) is 3.11. The van der Waals surface area contributed by atoms with Crippen molar-refractivity contribution in [2.24, 2.45) is 0 Å². The Morgan fingerprint density at radius 3 is 1.26 bits per heavy atom. The molecule has 12 nitrogen and oxygen atoms in total. The van der Waals surface area contributed by atoms with E-state index < -0.39 is 61.1 Å². The van der Waals surface area contributed by atoms with Crippen LogP contribution in [-0.2, 0) is 48.8 Å². The molecule has 2 aromatic carbocycles. The van der Waals surface area contributed by atoms with Gasteiger partial charge >= 0.3 is 0 Å². The predicted molar refractivity (Wildman–Crippen MR) is 204 cm³/mol. The molecule has 4 aromatic rings. The minimum absolute atomic E-state index is 0.0948. The molecule has 0 amide bonds. The summed E-state index contributed by atoms with van der Waals surface area (Å²) in [4.78, 5) is 8.78. The van der Waals surface area contributed by atoms with Crippen LogP contribution >= 0.6 is 0 Å². The summed E-state index contributed by atoms with van der Waals surface area (Å²) >= 11 is 0. The molecule has 2 aromatic heterocycles. The summed E-state index contributed by atoms with van der Waals surface area (Å²) in [6.07, 6.45) is 8.01. The summed E-state index contributed by atoms with van der Waals surface area (Å²) in [6.45, 7) is 7.72. The van der Waals surface area contributed by atoms with Crippen molar-refractivity contribution in [2.75, 3.05) is 25.7 Å². The molecule has 2 aliphatic rings. The highest BCUT2D eigenvalue weighted by molar-refractivity contribution is 7.93. The summed E-state index contributed by atoms with van der Waals surface area (Å²) in [5, 5.41) is 0. The van der Waals surface area contributed by atoms with Crippen LogP contribution in [0.3, 0.4) is 0 Å². The Labute approximate surface area is 319 Å². The van der Waals surface area contributed by atoms with Crippen LogP contribution in [-0.4, -0.2) is 78.9 Å². The third-order valence-corrected chi connectivity index (χ3v) is 17.3. The van der Waals surface area contributed by atoms with Crippen LogP contribution in [0.2, 0.25) is 0 Å². The first-order valence-electron chi connectivity index (χ1n) is 17.2. The number of rotatable bonds is 8. The summed E-state index contributed by atoms with van der Waals surface area (Å²) in [5.41, 5.74) is 2.91. The highest BCUT2D eigenvalue weighted by Crippen LogP contribution is 2.43. The highest BCUT2D eigenvalue weighted by Gasteiger charge is 2.46. The summed E-state index contributed by atoms with van der Waals surface area (Å²) in [6, 6.07) is 16.8. The molecule has 2 aliphatic heterocycles. The van der Waals surface area contributed by atoms with Crippen molar-refractivity contribution in [3.05, 3.63) is 108 Å². The summed E-state index contributed by atoms with van der Waals surface area (Å²) in [7, 11) is -14.0. The van der Waals surface area contributed by atoms with E-state index in [4.69, 9.17) is 9.47 Å². The van der Waals surface area contributed by atoms with Gasteiger partial charge in [0.15, 0.2) is 39.3 Å². The fraction of sp³-hybridized carbons (Fsp3) is 0.421. The molecule has 0 aliphatic carbocycles. The van der Waals surface area contributed by atoms with Crippen LogP contribution in [0.25, 0.3) is 0 Å². The first-order valence-corrected chi connectivity index (χ1v) is 24.0. The van der Waals surface area contributed by atoms with Crippen molar-refractivity contribution in [3.8, 4) is 0 Å². The zero-order valence-electron chi connectivity index (χ0n) is 31.1. The topological polar surface area (TPSA) is 181 Å². The Morgan fingerprint density at radius 2 is 0.926 bits per heavy atom. The molecular formula is C38H46N2O10S4. The number of hydrogen-bond donors (Lipinski definition) is 0. The molecule has 16 heteroatoms. The molecule has 0 radical (unpaired) electrons. The van der Waals surface area contributed by atoms with Gasteiger partial charge in [0.1, 0.15) is 0 Å². The van der Waals surface area contributed by atoms with E-state index in [2.05, 4.69) is 9.97 Å². The van der Waals surface area contributed by atoms with E-state index in [0.29, 0.717) is 33.8 Å². The lowest BCUT2D eigenvalue weighted by atomic mass is 9.93. The first-order chi connectivity index (χ1) is 25.1. The maximum Gasteiger partial charge on any atom is 0.184 e. The largest absolute Gasteiger partial charge is 0.373 e. The third kappa shape index (κ3) is 8.95. The molecule has 292 valence electrons. The first kappa shape index (κ1) is 41.6. The lowest BCUT2D eigenvalue weighted by Crippen LogP contribution is -2.42. The Kier molecular flexibility index (Phi) is 12.0. The van der Waals surface area contributed by atoms with Crippen molar-refractivity contribution in [3.63, 3.8) is 0 Å². The van der Waals surface area contributed by atoms with Gasteiger partial charge in [-0.2, -0.15) is 0 Å². The second-order valence-corrected chi connectivity index (χ2v) is 23.6. The molecule has 4 atom stereocenters. The lowest BCUT2D eigenvalue weighted by molar-refractivity contribution is -0.000116. The molecule has 6 rings (SSSR count). The number of aromatic nitrogens is 2. The third-order valence-electron chi connectivity index (χ3n) is 10.1. The van der Waals surface area contributed by atoms with E-state index in [0.717, 1.165) is 23.6 Å². The fourth-order valence-electron chi connectivity index (χ4n) is 6.62. The standard InChI is InChI=1S/2C19H23NO5S2/c2*1-14-5-4-6-16(9-14)27(23,24)19(2)7-8-25-18(11-19)15-10-17(13-20-12-15)26(3,21)22/h2*4-6,9-10,12-13,18H,7-8,11H2,1-3H3/t2*18-,19+/m10/s1. The number of aryl methyl sites for hydroxylation is 2. The van der Waals surface area contributed by atoms with Crippen LogP contribution < -0.4 is 0 Å². The van der Waals surface area contributed by atoms with E-state index in [1.807, 2.05) is 26.0 Å². The number of nitrogens with zero attached hydrogens (tertiary/aromatic N) is 2. The Morgan fingerprint density at radius 1 is 0.556 bits per heavy atom. The number of benzene rings is 2. The molecule has 0 N–H and O–H groups in total. The molecule has 2 fully saturated rings. The molecular weight excluding hydrogens is 773 g/mol. The smallest absolute Gasteiger partial charge is 0.184 e. The molecule has 4 heterocycles. The molecule has 0 saturated carbocycles. The maximum atomic E-state index is 13.3. The minimum atomic E-state index is -3.58. The van der Waals surface area contributed by atoms with Crippen molar-refractivity contribution in [1.82, 2.24) is 9.97 Å². The summed E-state index contributed by atoms with van der Waals surface area (Å²) in [5.74, 6) is 0. The predicted octanol–water partition coefficient (Wildman–Crippen LogP) is 5.76. The van der Waals surface area contributed by atoms with Crippen molar-refractivity contribution < 1.29 is 43.1 Å². The van der Waals surface area contributed by atoms with Gasteiger partial charge in [-0.05, 0) is 101 Å². The normalized spacial score (nSPS) is 23.9. The van der Waals surface area contributed by atoms with Crippen LogP contribution in [0, 0.1) is 13.8 Å². The van der Waals surface area contributed by atoms with Gasteiger partial charge in [-0.15, -0.1) is 0 Å². The van der Waals surface area contributed by atoms with Gasteiger partial charge in [0.05, 0.1) is 41.3 Å². The molecule has 0 spiro atoms. The van der Waals surface area contributed by atoms with Crippen LogP contribution in [0.5, 0.6) is 0 Å². The van der Waals surface area contributed by atoms with Crippen molar-refractivity contribution >= 4 is 39.3 Å². The van der Waals surface area contributed by atoms with Gasteiger partial charge in [0.25, 0.3) is 0 Å². The fourth-order valence-corrected chi connectivity index (χ4v) is 11.6. The summed E-state index contributed by atoms with van der Waals surface area (Å²) < 4.78 is 110. The van der Waals surface area contributed by atoms with E-state index in [1.165, 1.54) is 36.9 Å². The maximum absolute atomic E-state index is 13.3. The number of hydrogen-bond acceptors (Lipinski definition) is 12. The SMILES string of the molecule is Cc1cccc(S(=O)(=O)[C@@]2(C)CCO[C@@H](c3cncc(S(C)(=O)=O)c3)C2)c1.Cc1cccc(S(=O)(=O)[C@]2(C)CCO[C@H](c3cncc(S(C)(=O)=O)c3)C2)c1.